The van der Waals surface area contributed by atoms with Crippen LogP contribution >= 0.6 is 0 Å². The fourth-order valence-corrected chi connectivity index (χ4v) is 3.57. The predicted molar refractivity (Wildman–Crippen MR) is 108 cm³/mol. The monoisotopic (exact) mass is 383 g/mol. The van der Waals surface area contributed by atoms with Gasteiger partial charge in [-0.25, -0.2) is 0 Å². The summed E-state index contributed by atoms with van der Waals surface area (Å²) in [5, 5.41) is 0. The van der Waals surface area contributed by atoms with Crippen molar-refractivity contribution < 1.29 is 19.0 Å². The van der Waals surface area contributed by atoms with Gasteiger partial charge in [0, 0.05) is 13.1 Å². The number of piperidine rings is 1. The van der Waals surface area contributed by atoms with Gasteiger partial charge in [0.15, 0.2) is 11.5 Å². The van der Waals surface area contributed by atoms with E-state index in [1.165, 1.54) is 0 Å². The summed E-state index contributed by atoms with van der Waals surface area (Å²) >= 11 is 0. The van der Waals surface area contributed by atoms with E-state index in [0.717, 1.165) is 55.1 Å². The first kappa shape index (κ1) is 20.2. The van der Waals surface area contributed by atoms with E-state index in [9.17, 15) is 4.79 Å². The molecule has 1 atom stereocenters. The molecule has 0 aromatic heterocycles. The van der Waals surface area contributed by atoms with Crippen LogP contribution in [0.15, 0.2) is 48.5 Å². The molecule has 1 aliphatic heterocycles. The first-order valence-corrected chi connectivity index (χ1v) is 9.92. The molecule has 150 valence electrons. The Labute approximate surface area is 167 Å². The average molecular weight is 383 g/mol. The van der Waals surface area contributed by atoms with E-state index >= 15 is 0 Å². The van der Waals surface area contributed by atoms with Crippen molar-refractivity contribution >= 4 is 5.97 Å². The number of methoxy groups -OCH3 is 1. The number of carbonyl (C=O) groups is 1. The van der Waals surface area contributed by atoms with Gasteiger partial charge in [0.1, 0.15) is 6.61 Å². The Hall–Kier alpha value is -2.53. The Bertz CT molecular complexity index is 762. The quantitative estimate of drug-likeness (QED) is 0.644. The van der Waals surface area contributed by atoms with Gasteiger partial charge in [-0.2, -0.15) is 0 Å². The highest BCUT2D eigenvalue weighted by molar-refractivity contribution is 5.72. The van der Waals surface area contributed by atoms with E-state index in [1.807, 2.05) is 49.4 Å². The minimum Gasteiger partial charge on any atom is -0.493 e. The number of likely N-dealkylation sites (tertiary alicyclic amines) is 1. The van der Waals surface area contributed by atoms with Crippen molar-refractivity contribution in [1.82, 2.24) is 4.90 Å². The van der Waals surface area contributed by atoms with Crippen molar-refractivity contribution in [2.24, 2.45) is 5.92 Å². The fourth-order valence-electron chi connectivity index (χ4n) is 3.57. The van der Waals surface area contributed by atoms with Gasteiger partial charge in [0.2, 0.25) is 0 Å². The molecule has 0 spiro atoms. The second kappa shape index (κ2) is 10.1. The van der Waals surface area contributed by atoms with Crippen molar-refractivity contribution in [2.75, 3.05) is 26.8 Å². The first-order chi connectivity index (χ1) is 13.7. The molecular weight excluding hydrogens is 354 g/mol. The minimum atomic E-state index is -0.0746. The SMILES string of the molecule is CCOC(=O)[C@H]1CCCN(Cc2ccc(OCc3ccccc3)c(OC)c2)C1. The van der Waals surface area contributed by atoms with E-state index in [0.29, 0.717) is 13.2 Å². The lowest BCUT2D eigenvalue weighted by atomic mass is 9.97. The molecule has 0 aliphatic carbocycles. The molecule has 3 rings (SSSR count). The van der Waals surface area contributed by atoms with E-state index in [2.05, 4.69) is 11.0 Å². The van der Waals surface area contributed by atoms with Gasteiger partial charge in [-0.05, 0) is 49.6 Å². The number of carbonyl (C=O) groups excluding carboxylic acids is 1. The molecule has 2 aromatic carbocycles. The molecule has 0 bridgehead atoms. The van der Waals surface area contributed by atoms with Crippen LogP contribution in [0.1, 0.15) is 30.9 Å². The fraction of sp³-hybridized carbons (Fsp3) is 0.435. The molecule has 1 aliphatic rings. The molecule has 5 nitrogen and oxygen atoms in total. The number of benzene rings is 2. The standard InChI is InChI=1S/C23H29NO4/c1-3-27-23(25)20-10-7-13-24(16-20)15-19-11-12-21(22(14-19)26-2)28-17-18-8-5-4-6-9-18/h4-6,8-9,11-12,14,20H,3,7,10,13,15-17H2,1-2H3/t20-/m0/s1. The number of nitrogens with zero attached hydrogens (tertiary/aromatic N) is 1. The van der Waals surface area contributed by atoms with Gasteiger partial charge in [-0.1, -0.05) is 36.4 Å². The molecule has 1 saturated heterocycles. The Kier molecular flexibility index (Phi) is 7.31. The van der Waals surface area contributed by atoms with Gasteiger partial charge >= 0.3 is 5.97 Å². The van der Waals surface area contributed by atoms with Crippen LogP contribution < -0.4 is 9.47 Å². The second-order valence-corrected chi connectivity index (χ2v) is 7.09. The van der Waals surface area contributed by atoms with Gasteiger partial charge in [-0.15, -0.1) is 0 Å². The third-order valence-electron chi connectivity index (χ3n) is 5.00. The molecule has 0 N–H and O–H groups in total. The highest BCUT2D eigenvalue weighted by Crippen LogP contribution is 2.30. The summed E-state index contributed by atoms with van der Waals surface area (Å²) in [5.74, 6) is 1.36. The molecule has 0 radical (unpaired) electrons. The third-order valence-corrected chi connectivity index (χ3v) is 5.00. The van der Waals surface area contributed by atoms with Crippen LogP contribution in [0, 0.1) is 5.92 Å². The average Bonchev–Trinajstić information content (AvgIpc) is 2.74. The first-order valence-electron chi connectivity index (χ1n) is 9.92. The minimum absolute atomic E-state index is 0.0240. The molecule has 2 aromatic rings. The number of hydrogen-bond acceptors (Lipinski definition) is 5. The largest absolute Gasteiger partial charge is 0.493 e. The highest BCUT2D eigenvalue weighted by atomic mass is 16.5. The summed E-state index contributed by atoms with van der Waals surface area (Å²) in [6, 6.07) is 16.1. The van der Waals surface area contributed by atoms with E-state index < -0.39 is 0 Å². The smallest absolute Gasteiger partial charge is 0.310 e. The molecule has 0 saturated carbocycles. The maximum atomic E-state index is 12.0. The molecule has 0 amide bonds. The molecule has 5 heteroatoms. The summed E-state index contributed by atoms with van der Waals surface area (Å²) in [6.07, 6.45) is 1.92. The van der Waals surface area contributed by atoms with Crippen molar-refractivity contribution in [3.8, 4) is 11.5 Å². The maximum absolute atomic E-state index is 12.0. The summed E-state index contributed by atoms with van der Waals surface area (Å²) in [5.41, 5.74) is 2.26. The van der Waals surface area contributed by atoms with Crippen molar-refractivity contribution in [3.05, 3.63) is 59.7 Å². The normalized spacial score (nSPS) is 17.1. The van der Waals surface area contributed by atoms with Crippen molar-refractivity contribution in [1.29, 1.82) is 0 Å². The molecule has 1 heterocycles. The zero-order chi connectivity index (χ0) is 19.8. The lowest BCUT2D eigenvalue weighted by Crippen LogP contribution is -2.38. The van der Waals surface area contributed by atoms with Crippen LogP contribution in [0.25, 0.3) is 0 Å². The zero-order valence-electron chi connectivity index (χ0n) is 16.7. The third kappa shape index (κ3) is 5.49. The van der Waals surface area contributed by atoms with Crippen LogP contribution in [-0.2, 0) is 22.7 Å². The van der Waals surface area contributed by atoms with Crippen LogP contribution in [0.2, 0.25) is 0 Å². The zero-order valence-corrected chi connectivity index (χ0v) is 16.7. The maximum Gasteiger partial charge on any atom is 0.310 e. The van der Waals surface area contributed by atoms with Gasteiger partial charge in [-0.3, -0.25) is 9.69 Å². The topological polar surface area (TPSA) is 48.0 Å². The summed E-state index contributed by atoms with van der Waals surface area (Å²) in [4.78, 5) is 14.4. The summed E-state index contributed by atoms with van der Waals surface area (Å²) in [6.45, 7) is 5.32. The second-order valence-electron chi connectivity index (χ2n) is 7.09. The molecular formula is C23H29NO4. The van der Waals surface area contributed by atoms with Crippen molar-refractivity contribution in [3.63, 3.8) is 0 Å². The van der Waals surface area contributed by atoms with Gasteiger partial charge in [0.25, 0.3) is 0 Å². The summed E-state index contributed by atoms with van der Waals surface area (Å²) in [7, 11) is 1.66. The van der Waals surface area contributed by atoms with E-state index in [1.54, 1.807) is 7.11 Å². The highest BCUT2D eigenvalue weighted by Gasteiger charge is 2.26. The Balaban J connectivity index is 1.60. The summed E-state index contributed by atoms with van der Waals surface area (Å²) < 4.78 is 16.7. The lowest BCUT2D eigenvalue weighted by Gasteiger charge is -2.31. The number of hydrogen-bond donors (Lipinski definition) is 0. The number of esters is 1. The van der Waals surface area contributed by atoms with Crippen LogP contribution in [0.4, 0.5) is 0 Å². The van der Waals surface area contributed by atoms with Crippen LogP contribution in [0.5, 0.6) is 11.5 Å². The van der Waals surface area contributed by atoms with Gasteiger partial charge < -0.3 is 14.2 Å². The van der Waals surface area contributed by atoms with Crippen LogP contribution in [0.3, 0.4) is 0 Å². The Morgan fingerprint density at radius 1 is 1.11 bits per heavy atom. The Morgan fingerprint density at radius 3 is 2.68 bits per heavy atom. The number of rotatable bonds is 8. The van der Waals surface area contributed by atoms with Crippen LogP contribution in [-0.4, -0.2) is 37.7 Å². The molecule has 1 fully saturated rings. The molecule has 0 unspecified atom stereocenters. The van der Waals surface area contributed by atoms with E-state index in [-0.39, 0.29) is 11.9 Å². The van der Waals surface area contributed by atoms with Crippen molar-refractivity contribution in [2.45, 2.75) is 32.9 Å². The predicted octanol–water partition coefficient (Wildman–Crippen LogP) is 4.05. The molecule has 28 heavy (non-hydrogen) atoms. The van der Waals surface area contributed by atoms with E-state index in [4.69, 9.17) is 14.2 Å². The van der Waals surface area contributed by atoms with Gasteiger partial charge in [0.05, 0.1) is 19.6 Å². The lowest BCUT2D eigenvalue weighted by molar-refractivity contribution is -0.150. The Morgan fingerprint density at radius 2 is 1.93 bits per heavy atom. The number of ether oxygens (including phenoxy) is 3.